The number of rotatable bonds is 4. The van der Waals surface area contributed by atoms with Crippen LogP contribution in [0, 0.1) is 10.1 Å². The minimum Gasteiger partial charge on any atom is -0.490 e. The number of nitro groups is 1. The van der Waals surface area contributed by atoms with Crippen molar-refractivity contribution in [2.45, 2.75) is 0 Å². The zero-order valence-electron chi connectivity index (χ0n) is 10.7. The highest BCUT2D eigenvalue weighted by Crippen LogP contribution is 2.27. The molecule has 108 valence electrons. The lowest BCUT2D eigenvalue weighted by Crippen LogP contribution is -2.14. The van der Waals surface area contributed by atoms with E-state index in [-0.39, 0.29) is 28.1 Å². The Morgan fingerprint density at radius 3 is 2.81 bits per heavy atom. The van der Waals surface area contributed by atoms with Crippen LogP contribution in [0.4, 0.5) is 11.6 Å². The molecule has 1 amide bonds. The average Bonchev–Trinajstić information content (AvgIpc) is 2.46. The second-order valence-corrected chi connectivity index (χ2v) is 4.19. The topological polar surface area (TPSA) is 107 Å². The van der Waals surface area contributed by atoms with E-state index in [1.807, 2.05) is 0 Å². The SMILES string of the molecule is COc1cc(C(=O)Nc2nccc(Cl)n2)ccc1[N+](=O)[O-]. The summed E-state index contributed by atoms with van der Waals surface area (Å²) in [7, 11) is 1.28. The summed E-state index contributed by atoms with van der Waals surface area (Å²) in [5, 5.41) is 13.4. The molecule has 0 aliphatic heterocycles. The van der Waals surface area contributed by atoms with Crippen LogP contribution < -0.4 is 10.1 Å². The van der Waals surface area contributed by atoms with Crippen molar-refractivity contribution in [3.05, 3.63) is 51.3 Å². The highest BCUT2D eigenvalue weighted by molar-refractivity contribution is 6.29. The lowest BCUT2D eigenvalue weighted by atomic mass is 10.2. The van der Waals surface area contributed by atoms with E-state index in [0.29, 0.717) is 0 Å². The number of carbonyl (C=O) groups is 1. The molecule has 0 spiro atoms. The molecule has 0 unspecified atom stereocenters. The van der Waals surface area contributed by atoms with Crippen LogP contribution in [0.2, 0.25) is 5.15 Å². The van der Waals surface area contributed by atoms with E-state index >= 15 is 0 Å². The molecule has 0 fully saturated rings. The van der Waals surface area contributed by atoms with Gasteiger partial charge in [0.1, 0.15) is 5.15 Å². The van der Waals surface area contributed by atoms with Crippen LogP contribution in [0.1, 0.15) is 10.4 Å². The zero-order valence-corrected chi connectivity index (χ0v) is 11.5. The average molecular weight is 309 g/mol. The predicted molar refractivity (Wildman–Crippen MR) is 74.6 cm³/mol. The first-order valence-electron chi connectivity index (χ1n) is 5.63. The molecule has 0 bridgehead atoms. The minimum atomic E-state index is -0.597. The maximum Gasteiger partial charge on any atom is 0.310 e. The van der Waals surface area contributed by atoms with Gasteiger partial charge < -0.3 is 4.74 Å². The van der Waals surface area contributed by atoms with Crippen LogP contribution in [-0.4, -0.2) is 27.9 Å². The molecular weight excluding hydrogens is 300 g/mol. The number of hydrogen-bond donors (Lipinski definition) is 1. The summed E-state index contributed by atoms with van der Waals surface area (Å²) in [6.07, 6.45) is 1.39. The molecule has 0 atom stereocenters. The van der Waals surface area contributed by atoms with Gasteiger partial charge in [-0.3, -0.25) is 20.2 Å². The zero-order chi connectivity index (χ0) is 15.4. The maximum atomic E-state index is 12.0. The van der Waals surface area contributed by atoms with Crippen molar-refractivity contribution in [2.75, 3.05) is 12.4 Å². The monoisotopic (exact) mass is 308 g/mol. The lowest BCUT2D eigenvalue weighted by molar-refractivity contribution is -0.385. The van der Waals surface area contributed by atoms with Crippen molar-refractivity contribution in [3.63, 3.8) is 0 Å². The number of halogens is 1. The molecule has 1 aromatic carbocycles. The molecule has 1 N–H and O–H groups in total. The summed E-state index contributed by atoms with van der Waals surface area (Å²) in [4.78, 5) is 29.8. The second-order valence-electron chi connectivity index (χ2n) is 3.80. The molecule has 1 heterocycles. The Kier molecular flexibility index (Phi) is 4.29. The Morgan fingerprint density at radius 1 is 1.43 bits per heavy atom. The third-order valence-corrected chi connectivity index (χ3v) is 2.70. The normalized spacial score (nSPS) is 10.0. The van der Waals surface area contributed by atoms with Gasteiger partial charge in [-0.15, -0.1) is 0 Å². The van der Waals surface area contributed by atoms with Gasteiger partial charge >= 0.3 is 5.69 Å². The Bertz CT molecular complexity index is 707. The molecule has 0 aliphatic carbocycles. The van der Waals surface area contributed by atoms with E-state index in [4.69, 9.17) is 16.3 Å². The van der Waals surface area contributed by atoms with Crippen molar-refractivity contribution in [1.29, 1.82) is 0 Å². The van der Waals surface area contributed by atoms with Crippen molar-refractivity contribution in [1.82, 2.24) is 9.97 Å². The molecule has 8 nitrogen and oxygen atoms in total. The Hall–Kier alpha value is -2.74. The van der Waals surface area contributed by atoms with Gasteiger partial charge in [-0.1, -0.05) is 11.6 Å². The second kappa shape index (κ2) is 6.14. The first-order chi connectivity index (χ1) is 10.0. The van der Waals surface area contributed by atoms with E-state index in [9.17, 15) is 14.9 Å². The standard InChI is InChI=1S/C12H9ClN4O4/c1-21-9-6-7(2-3-8(9)17(19)20)11(18)16-12-14-5-4-10(13)15-12/h2-6H,1H3,(H,14,15,16,18). The van der Waals surface area contributed by atoms with Gasteiger partial charge in [-0.2, -0.15) is 0 Å². The number of amides is 1. The fourth-order valence-electron chi connectivity index (χ4n) is 1.54. The Morgan fingerprint density at radius 2 is 2.19 bits per heavy atom. The third-order valence-electron chi connectivity index (χ3n) is 2.49. The fraction of sp³-hybridized carbons (Fsp3) is 0.0833. The highest BCUT2D eigenvalue weighted by Gasteiger charge is 2.17. The fourth-order valence-corrected chi connectivity index (χ4v) is 1.68. The molecule has 9 heteroatoms. The van der Waals surface area contributed by atoms with Gasteiger partial charge in [-0.25, -0.2) is 9.97 Å². The molecule has 0 aliphatic rings. The van der Waals surface area contributed by atoms with Crippen LogP contribution in [0.25, 0.3) is 0 Å². The van der Waals surface area contributed by atoms with Crippen LogP contribution >= 0.6 is 11.6 Å². The van der Waals surface area contributed by atoms with E-state index in [1.165, 1.54) is 37.6 Å². The number of aromatic nitrogens is 2. The number of methoxy groups -OCH3 is 1. The summed E-state index contributed by atoms with van der Waals surface area (Å²) >= 11 is 5.68. The van der Waals surface area contributed by atoms with Crippen LogP contribution in [0.5, 0.6) is 5.75 Å². The lowest BCUT2D eigenvalue weighted by Gasteiger charge is -2.06. The summed E-state index contributed by atoms with van der Waals surface area (Å²) < 4.78 is 4.89. The summed E-state index contributed by atoms with van der Waals surface area (Å²) in [6.45, 7) is 0. The van der Waals surface area contributed by atoms with Gasteiger partial charge in [0.2, 0.25) is 5.95 Å². The van der Waals surface area contributed by atoms with Gasteiger partial charge in [0.05, 0.1) is 12.0 Å². The van der Waals surface area contributed by atoms with Crippen LogP contribution in [-0.2, 0) is 0 Å². The molecule has 0 saturated carbocycles. The smallest absolute Gasteiger partial charge is 0.310 e. The summed E-state index contributed by atoms with van der Waals surface area (Å²) in [6, 6.07) is 5.22. The Labute approximate surface area is 123 Å². The highest BCUT2D eigenvalue weighted by atomic mass is 35.5. The number of nitrogens with one attached hydrogen (secondary N) is 1. The number of ether oxygens (including phenoxy) is 1. The van der Waals surface area contributed by atoms with Crippen molar-refractivity contribution >= 4 is 29.1 Å². The van der Waals surface area contributed by atoms with E-state index in [0.717, 1.165) is 0 Å². The molecule has 0 radical (unpaired) electrons. The molecule has 0 saturated heterocycles. The van der Waals surface area contributed by atoms with E-state index < -0.39 is 10.8 Å². The first kappa shape index (κ1) is 14.7. The number of nitrogens with zero attached hydrogens (tertiary/aromatic N) is 3. The number of carbonyl (C=O) groups excluding carboxylic acids is 1. The van der Waals surface area contributed by atoms with Crippen molar-refractivity contribution < 1.29 is 14.5 Å². The molecule has 2 aromatic rings. The van der Waals surface area contributed by atoms with Crippen LogP contribution in [0.15, 0.2) is 30.5 Å². The number of anilines is 1. The Balaban J connectivity index is 2.25. The largest absolute Gasteiger partial charge is 0.490 e. The van der Waals surface area contributed by atoms with Gasteiger partial charge in [-0.05, 0) is 12.1 Å². The van der Waals surface area contributed by atoms with Gasteiger partial charge in [0.15, 0.2) is 5.75 Å². The van der Waals surface area contributed by atoms with Crippen molar-refractivity contribution in [3.8, 4) is 5.75 Å². The van der Waals surface area contributed by atoms with Crippen LogP contribution in [0.3, 0.4) is 0 Å². The third kappa shape index (κ3) is 3.42. The van der Waals surface area contributed by atoms with E-state index in [2.05, 4.69) is 15.3 Å². The van der Waals surface area contributed by atoms with Gasteiger partial charge in [0, 0.05) is 23.9 Å². The van der Waals surface area contributed by atoms with Crippen molar-refractivity contribution in [2.24, 2.45) is 0 Å². The summed E-state index contributed by atoms with van der Waals surface area (Å²) in [5.41, 5.74) is -0.0610. The number of benzene rings is 1. The first-order valence-corrected chi connectivity index (χ1v) is 6.01. The summed E-state index contributed by atoms with van der Waals surface area (Å²) in [5.74, 6) is -0.519. The number of hydrogen-bond acceptors (Lipinski definition) is 6. The molecule has 2 rings (SSSR count). The van der Waals surface area contributed by atoms with E-state index in [1.54, 1.807) is 0 Å². The molecule has 1 aromatic heterocycles. The predicted octanol–water partition coefficient (Wildman–Crippen LogP) is 2.30. The minimum absolute atomic E-state index is 0.0142. The number of nitro benzene ring substituents is 1. The van der Waals surface area contributed by atoms with Gasteiger partial charge in [0.25, 0.3) is 5.91 Å². The molecule has 21 heavy (non-hydrogen) atoms. The maximum absolute atomic E-state index is 12.0. The molecular formula is C12H9ClN4O4. The quantitative estimate of drug-likeness (QED) is 0.527.